The Morgan fingerprint density at radius 1 is 1.42 bits per heavy atom. The number of carbonyl (C=O) groups excluding carboxylic acids is 1. The van der Waals surface area contributed by atoms with Crippen molar-refractivity contribution in [1.82, 2.24) is 4.90 Å². The van der Waals surface area contributed by atoms with Gasteiger partial charge in [-0.2, -0.15) is 13.2 Å². The van der Waals surface area contributed by atoms with Gasteiger partial charge in [-0.25, -0.2) is 0 Å². The molecule has 0 atom stereocenters. The van der Waals surface area contributed by atoms with Crippen LogP contribution in [0.3, 0.4) is 0 Å². The van der Waals surface area contributed by atoms with Crippen LogP contribution in [0, 0.1) is 6.92 Å². The number of rotatable bonds is 4. The van der Waals surface area contributed by atoms with Gasteiger partial charge in [-0.05, 0) is 18.6 Å². The Morgan fingerprint density at radius 3 is 2.53 bits per heavy atom. The first-order valence-electron chi connectivity index (χ1n) is 5.58. The lowest BCUT2D eigenvalue weighted by Gasteiger charge is -2.24. The summed E-state index contributed by atoms with van der Waals surface area (Å²) in [7, 11) is 0. The fourth-order valence-corrected chi connectivity index (χ4v) is 1.73. The molecule has 1 amide bonds. The van der Waals surface area contributed by atoms with E-state index in [0.717, 1.165) is 0 Å². The summed E-state index contributed by atoms with van der Waals surface area (Å²) in [5.41, 5.74) is 6.29. The number of halogens is 3. The van der Waals surface area contributed by atoms with Crippen LogP contribution in [0.2, 0.25) is 0 Å². The van der Waals surface area contributed by atoms with Gasteiger partial charge in [-0.1, -0.05) is 12.1 Å². The first-order valence-corrected chi connectivity index (χ1v) is 5.58. The summed E-state index contributed by atoms with van der Waals surface area (Å²) in [4.78, 5) is 12.6. The molecular weight excluding hydrogens is 261 g/mol. The number of aryl methyl sites for hydroxylation is 1. The largest absolute Gasteiger partial charge is 0.406 e. The molecule has 0 spiro atoms. The van der Waals surface area contributed by atoms with E-state index in [0.29, 0.717) is 10.5 Å². The lowest BCUT2D eigenvalue weighted by atomic mass is 10.1. The smallest absolute Gasteiger partial charge is 0.398 e. The fourth-order valence-electron chi connectivity index (χ4n) is 1.73. The standard InChI is InChI=1S/C12H15F3N2O2/c1-8-3-2-4-9(16)10(8)11(19)17(5-6-18)7-12(13,14)15/h2-4,18H,5-7,16H2,1H3. The van der Waals surface area contributed by atoms with Crippen LogP contribution in [0.1, 0.15) is 15.9 Å². The maximum atomic E-state index is 12.4. The molecule has 1 aromatic carbocycles. The number of carbonyl (C=O) groups is 1. The van der Waals surface area contributed by atoms with Gasteiger partial charge >= 0.3 is 6.18 Å². The summed E-state index contributed by atoms with van der Waals surface area (Å²) >= 11 is 0. The fraction of sp³-hybridized carbons (Fsp3) is 0.417. The van der Waals surface area contributed by atoms with Gasteiger partial charge in [0.15, 0.2) is 0 Å². The highest BCUT2D eigenvalue weighted by atomic mass is 19.4. The maximum absolute atomic E-state index is 12.4. The molecule has 19 heavy (non-hydrogen) atoms. The Kier molecular flexibility index (Phi) is 4.77. The number of aliphatic hydroxyl groups is 1. The van der Waals surface area contributed by atoms with Gasteiger partial charge in [0.2, 0.25) is 0 Å². The number of nitrogen functional groups attached to an aromatic ring is 1. The first kappa shape index (κ1) is 15.3. The Balaban J connectivity index is 3.06. The molecule has 1 aromatic rings. The zero-order chi connectivity index (χ0) is 14.6. The summed E-state index contributed by atoms with van der Waals surface area (Å²) in [6.07, 6.45) is -4.53. The number of alkyl halides is 3. The second kappa shape index (κ2) is 5.92. The van der Waals surface area contributed by atoms with E-state index in [9.17, 15) is 18.0 Å². The van der Waals surface area contributed by atoms with Gasteiger partial charge < -0.3 is 15.7 Å². The van der Waals surface area contributed by atoms with E-state index in [1.54, 1.807) is 19.1 Å². The highest BCUT2D eigenvalue weighted by molar-refractivity contribution is 6.00. The quantitative estimate of drug-likeness (QED) is 0.820. The molecule has 0 heterocycles. The number of hydrogen-bond acceptors (Lipinski definition) is 3. The zero-order valence-corrected chi connectivity index (χ0v) is 10.4. The average molecular weight is 276 g/mol. The first-order chi connectivity index (χ1) is 8.76. The summed E-state index contributed by atoms with van der Waals surface area (Å²) in [6.45, 7) is -0.770. The topological polar surface area (TPSA) is 66.6 Å². The van der Waals surface area contributed by atoms with Gasteiger partial charge in [0.05, 0.1) is 12.2 Å². The highest BCUT2D eigenvalue weighted by Crippen LogP contribution is 2.22. The summed E-state index contributed by atoms with van der Waals surface area (Å²) in [5, 5.41) is 8.78. The van der Waals surface area contributed by atoms with Crippen LogP contribution in [0.4, 0.5) is 18.9 Å². The Morgan fingerprint density at radius 2 is 2.05 bits per heavy atom. The van der Waals surface area contributed by atoms with Gasteiger partial charge in [0.1, 0.15) is 6.54 Å². The molecule has 0 unspecified atom stereocenters. The molecule has 4 nitrogen and oxygen atoms in total. The van der Waals surface area contributed by atoms with Crippen LogP contribution >= 0.6 is 0 Å². The molecule has 106 valence electrons. The van der Waals surface area contributed by atoms with Crippen LogP contribution in [-0.4, -0.2) is 41.8 Å². The van der Waals surface area contributed by atoms with Crippen molar-refractivity contribution in [3.8, 4) is 0 Å². The highest BCUT2D eigenvalue weighted by Gasteiger charge is 2.33. The summed E-state index contributed by atoms with van der Waals surface area (Å²) in [6, 6.07) is 4.65. The molecule has 0 aliphatic heterocycles. The molecule has 0 saturated carbocycles. The van der Waals surface area contributed by atoms with Gasteiger partial charge in [0.25, 0.3) is 5.91 Å². The minimum Gasteiger partial charge on any atom is -0.398 e. The second-order valence-electron chi connectivity index (χ2n) is 4.10. The lowest BCUT2D eigenvalue weighted by molar-refractivity contribution is -0.141. The summed E-state index contributed by atoms with van der Waals surface area (Å²) in [5.74, 6) is -0.832. The Hall–Kier alpha value is -1.76. The van der Waals surface area contributed by atoms with E-state index < -0.39 is 31.8 Å². The molecule has 0 aliphatic rings. The Bertz CT molecular complexity index is 441. The van der Waals surface area contributed by atoms with Crippen molar-refractivity contribution in [3.63, 3.8) is 0 Å². The maximum Gasteiger partial charge on any atom is 0.406 e. The molecule has 0 aromatic heterocycles. The van der Waals surface area contributed by atoms with Gasteiger partial charge in [0, 0.05) is 12.2 Å². The van der Waals surface area contributed by atoms with Crippen molar-refractivity contribution in [2.45, 2.75) is 13.1 Å². The number of nitrogens with two attached hydrogens (primary N) is 1. The van der Waals surface area contributed by atoms with Crippen molar-refractivity contribution in [2.75, 3.05) is 25.4 Å². The molecule has 1 rings (SSSR count). The van der Waals surface area contributed by atoms with E-state index >= 15 is 0 Å². The van der Waals surface area contributed by atoms with Crippen molar-refractivity contribution in [1.29, 1.82) is 0 Å². The van der Waals surface area contributed by atoms with E-state index in [1.807, 2.05) is 0 Å². The van der Waals surface area contributed by atoms with Crippen LogP contribution in [0.25, 0.3) is 0 Å². The number of aliphatic hydroxyl groups excluding tert-OH is 1. The van der Waals surface area contributed by atoms with Gasteiger partial charge in [-0.15, -0.1) is 0 Å². The van der Waals surface area contributed by atoms with Crippen molar-refractivity contribution in [2.24, 2.45) is 0 Å². The third kappa shape index (κ3) is 4.13. The van der Waals surface area contributed by atoms with Crippen LogP contribution < -0.4 is 5.73 Å². The van der Waals surface area contributed by atoms with Crippen LogP contribution in [0.5, 0.6) is 0 Å². The Labute approximate surface area is 108 Å². The molecule has 0 saturated heterocycles. The number of nitrogens with zero attached hydrogens (tertiary/aromatic N) is 1. The van der Waals surface area contributed by atoms with Crippen molar-refractivity contribution >= 4 is 11.6 Å². The average Bonchev–Trinajstić information content (AvgIpc) is 2.26. The van der Waals surface area contributed by atoms with Gasteiger partial charge in [-0.3, -0.25) is 4.79 Å². The minimum atomic E-state index is -4.53. The predicted octanol–water partition coefficient (Wildman–Crippen LogP) is 1.57. The molecule has 0 bridgehead atoms. The SMILES string of the molecule is Cc1cccc(N)c1C(=O)N(CCO)CC(F)(F)F. The van der Waals surface area contributed by atoms with Crippen molar-refractivity contribution in [3.05, 3.63) is 29.3 Å². The third-order valence-corrected chi connectivity index (χ3v) is 2.55. The number of amides is 1. The third-order valence-electron chi connectivity index (χ3n) is 2.55. The number of benzene rings is 1. The number of hydrogen-bond donors (Lipinski definition) is 2. The monoisotopic (exact) mass is 276 g/mol. The molecule has 0 radical (unpaired) electrons. The summed E-state index contributed by atoms with van der Waals surface area (Å²) < 4.78 is 37.2. The minimum absolute atomic E-state index is 0.0419. The van der Waals surface area contributed by atoms with E-state index in [-0.39, 0.29) is 11.3 Å². The molecule has 0 fully saturated rings. The molecular formula is C12H15F3N2O2. The van der Waals surface area contributed by atoms with Crippen LogP contribution in [-0.2, 0) is 0 Å². The van der Waals surface area contributed by atoms with Crippen LogP contribution in [0.15, 0.2) is 18.2 Å². The number of anilines is 1. The molecule has 0 aliphatic carbocycles. The zero-order valence-electron chi connectivity index (χ0n) is 10.4. The molecule has 7 heteroatoms. The van der Waals surface area contributed by atoms with E-state index in [2.05, 4.69) is 0 Å². The molecule has 3 N–H and O–H groups in total. The van der Waals surface area contributed by atoms with E-state index in [1.165, 1.54) is 6.07 Å². The van der Waals surface area contributed by atoms with Crippen molar-refractivity contribution < 1.29 is 23.1 Å². The lowest BCUT2D eigenvalue weighted by Crippen LogP contribution is -2.41. The van der Waals surface area contributed by atoms with E-state index in [4.69, 9.17) is 10.8 Å². The predicted molar refractivity (Wildman–Crippen MR) is 64.6 cm³/mol. The normalized spacial score (nSPS) is 11.4. The second-order valence-corrected chi connectivity index (χ2v) is 4.10.